The Hall–Kier alpha value is -1.60. The number of ether oxygens (including phenoxy) is 1. The number of rotatable bonds is 5. The van der Waals surface area contributed by atoms with E-state index in [0.29, 0.717) is 12.1 Å². The molecule has 23 heavy (non-hydrogen) atoms. The maximum Gasteiger partial charge on any atom is 0.269 e. The van der Waals surface area contributed by atoms with Crippen molar-refractivity contribution in [3.63, 3.8) is 0 Å². The molecule has 1 aromatic carbocycles. The van der Waals surface area contributed by atoms with Gasteiger partial charge in [-0.2, -0.15) is 11.8 Å². The van der Waals surface area contributed by atoms with Gasteiger partial charge in [-0.3, -0.25) is 14.9 Å². The number of nitro benzene ring substituents is 1. The van der Waals surface area contributed by atoms with Crippen molar-refractivity contribution in [2.24, 2.45) is 0 Å². The van der Waals surface area contributed by atoms with E-state index in [1.165, 1.54) is 12.1 Å². The third-order valence-corrected chi connectivity index (χ3v) is 5.50. The van der Waals surface area contributed by atoms with E-state index in [1.807, 2.05) is 16.7 Å². The lowest BCUT2D eigenvalue weighted by Crippen LogP contribution is -2.44. The third kappa shape index (κ3) is 3.84. The number of thioether (sulfide) groups is 1. The van der Waals surface area contributed by atoms with Crippen molar-refractivity contribution in [2.75, 3.05) is 24.7 Å². The van der Waals surface area contributed by atoms with Gasteiger partial charge in [0.2, 0.25) is 0 Å². The second-order valence-electron chi connectivity index (χ2n) is 5.91. The van der Waals surface area contributed by atoms with Gasteiger partial charge in [0, 0.05) is 42.6 Å². The van der Waals surface area contributed by atoms with E-state index in [4.69, 9.17) is 4.74 Å². The number of carbonyl (C=O) groups excluding carboxylic acids is 1. The number of benzene rings is 1. The van der Waals surface area contributed by atoms with Gasteiger partial charge in [0.05, 0.1) is 11.0 Å². The van der Waals surface area contributed by atoms with Crippen LogP contribution in [0.1, 0.15) is 29.6 Å². The van der Waals surface area contributed by atoms with E-state index in [9.17, 15) is 14.9 Å². The average molecular weight is 336 g/mol. The number of carbonyl (C=O) groups is 1. The number of nitrogens with zero attached hydrogens (tertiary/aromatic N) is 2. The van der Waals surface area contributed by atoms with Crippen LogP contribution in [0.3, 0.4) is 0 Å². The van der Waals surface area contributed by atoms with Crippen LogP contribution in [0.5, 0.6) is 0 Å². The van der Waals surface area contributed by atoms with Crippen LogP contribution in [0, 0.1) is 10.1 Å². The smallest absolute Gasteiger partial charge is 0.269 e. The molecule has 2 fully saturated rings. The first-order chi connectivity index (χ1) is 11.1. The maximum absolute atomic E-state index is 12.9. The highest BCUT2D eigenvalue weighted by Gasteiger charge is 2.31. The molecule has 0 aromatic heterocycles. The molecule has 2 heterocycles. The minimum absolute atomic E-state index is 0.00338. The second kappa shape index (κ2) is 7.31. The van der Waals surface area contributed by atoms with Crippen molar-refractivity contribution in [1.29, 1.82) is 0 Å². The molecular weight excluding hydrogens is 316 g/mol. The highest BCUT2D eigenvalue weighted by Crippen LogP contribution is 2.26. The van der Waals surface area contributed by atoms with Crippen LogP contribution in [-0.2, 0) is 4.74 Å². The zero-order valence-electron chi connectivity index (χ0n) is 12.8. The van der Waals surface area contributed by atoms with Gasteiger partial charge in [0.1, 0.15) is 0 Å². The zero-order valence-corrected chi connectivity index (χ0v) is 13.7. The largest absolute Gasteiger partial charge is 0.376 e. The van der Waals surface area contributed by atoms with Gasteiger partial charge in [-0.1, -0.05) is 0 Å². The lowest BCUT2D eigenvalue weighted by atomic mass is 10.1. The minimum Gasteiger partial charge on any atom is -0.376 e. The molecule has 0 radical (unpaired) electrons. The summed E-state index contributed by atoms with van der Waals surface area (Å²) >= 11 is 1.86. The highest BCUT2D eigenvalue weighted by molar-refractivity contribution is 7.99. The van der Waals surface area contributed by atoms with E-state index in [2.05, 4.69) is 0 Å². The van der Waals surface area contributed by atoms with Crippen LogP contribution in [0.15, 0.2) is 24.3 Å². The van der Waals surface area contributed by atoms with Crippen molar-refractivity contribution in [3.8, 4) is 0 Å². The monoisotopic (exact) mass is 336 g/mol. The molecule has 7 heteroatoms. The van der Waals surface area contributed by atoms with Gasteiger partial charge < -0.3 is 9.64 Å². The molecule has 3 rings (SSSR count). The van der Waals surface area contributed by atoms with E-state index in [1.54, 1.807) is 12.1 Å². The molecule has 2 aliphatic heterocycles. The first-order valence-electron chi connectivity index (χ1n) is 7.90. The Morgan fingerprint density at radius 1 is 1.35 bits per heavy atom. The molecule has 2 atom stereocenters. The summed E-state index contributed by atoms with van der Waals surface area (Å²) in [5.41, 5.74) is 0.508. The Kier molecular flexibility index (Phi) is 5.17. The summed E-state index contributed by atoms with van der Waals surface area (Å²) in [5, 5.41) is 10.7. The molecule has 1 amide bonds. The summed E-state index contributed by atoms with van der Waals surface area (Å²) < 4.78 is 5.69. The number of amides is 1. The summed E-state index contributed by atoms with van der Waals surface area (Å²) in [7, 11) is 0. The molecule has 0 saturated carbocycles. The highest BCUT2D eigenvalue weighted by atomic mass is 32.2. The van der Waals surface area contributed by atoms with Gasteiger partial charge in [-0.25, -0.2) is 0 Å². The third-order valence-electron chi connectivity index (χ3n) is 4.36. The Balaban J connectivity index is 1.76. The minimum atomic E-state index is -0.452. The molecule has 0 N–H and O–H groups in total. The summed E-state index contributed by atoms with van der Waals surface area (Å²) in [6.45, 7) is 1.38. The van der Waals surface area contributed by atoms with Crippen LogP contribution in [0.2, 0.25) is 0 Å². The van der Waals surface area contributed by atoms with E-state index < -0.39 is 4.92 Å². The first-order valence-corrected chi connectivity index (χ1v) is 9.05. The number of nitro groups is 1. The number of hydrogen-bond acceptors (Lipinski definition) is 5. The van der Waals surface area contributed by atoms with Crippen LogP contribution >= 0.6 is 11.8 Å². The molecule has 0 bridgehead atoms. The van der Waals surface area contributed by atoms with Crippen molar-refractivity contribution < 1.29 is 14.5 Å². The molecule has 1 aromatic rings. The van der Waals surface area contributed by atoms with Crippen molar-refractivity contribution in [3.05, 3.63) is 39.9 Å². The van der Waals surface area contributed by atoms with Crippen LogP contribution in [0.4, 0.5) is 5.69 Å². The summed E-state index contributed by atoms with van der Waals surface area (Å²) in [5.74, 6) is 1.97. The fraction of sp³-hybridized carbons (Fsp3) is 0.562. The Morgan fingerprint density at radius 3 is 2.70 bits per heavy atom. The molecule has 124 valence electrons. The normalized spacial score (nSPS) is 23.8. The summed E-state index contributed by atoms with van der Waals surface area (Å²) in [6.07, 6.45) is 3.14. The predicted molar refractivity (Wildman–Crippen MR) is 88.8 cm³/mol. The average Bonchev–Trinajstić information content (AvgIpc) is 3.25. The molecule has 2 aliphatic rings. The van der Waals surface area contributed by atoms with Gasteiger partial charge in [-0.05, 0) is 37.1 Å². The maximum atomic E-state index is 12.9. The SMILES string of the molecule is O=C(c1ccc([N+](=O)[O-])cc1)N(C[C@H]1CCCO1)[C@H]1CCSC1. The lowest BCUT2D eigenvalue weighted by molar-refractivity contribution is -0.384. The molecule has 0 aliphatic carbocycles. The fourth-order valence-corrected chi connectivity index (χ4v) is 4.29. The van der Waals surface area contributed by atoms with Gasteiger partial charge >= 0.3 is 0 Å². The molecule has 2 saturated heterocycles. The van der Waals surface area contributed by atoms with Gasteiger partial charge in [-0.15, -0.1) is 0 Å². The first kappa shape index (κ1) is 16.3. The van der Waals surface area contributed by atoms with E-state index >= 15 is 0 Å². The Morgan fingerprint density at radius 2 is 2.13 bits per heavy atom. The van der Waals surface area contributed by atoms with Crippen LogP contribution in [-0.4, -0.2) is 52.5 Å². The van der Waals surface area contributed by atoms with E-state index in [-0.39, 0.29) is 23.7 Å². The van der Waals surface area contributed by atoms with E-state index in [0.717, 1.165) is 37.4 Å². The fourth-order valence-electron chi connectivity index (χ4n) is 3.06. The number of hydrogen-bond donors (Lipinski definition) is 0. The zero-order chi connectivity index (χ0) is 16.2. The van der Waals surface area contributed by atoms with Crippen molar-refractivity contribution in [2.45, 2.75) is 31.4 Å². The summed E-state index contributed by atoms with van der Waals surface area (Å²) in [6, 6.07) is 6.10. The van der Waals surface area contributed by atoms with Crippen molar-refractivity contribution in [1.82, 2.24) is 4.90 Å². The van der Waals surface area contributed by atoms with Crippen LogP contribution in [0.25, 0.3) is 0 Å². The van der Waals surface area contributed by atoms with Crippen LogP contribution < -0.4 is 0 Å². The molecule has 0 spiro atoms. The van der Waals surface area contributed by atoms with Gasteiger partial charge in [0.15, 0.2) is 0 Å². The standard InChI is InChI=1S/C16H20N2O4S/c19-16(12-3-5-13(6-4-12)18(20)21)17(14-7-9-23-11-14)10-15-2-1-8-22-15/h3-6,14-15H,1-2,7-11H2/t14-,15+/m0/s1. The number of non-ortho nitro benzene ring substituents is 1. The predicted octanol–water partition coefficient (Wildman–Crippen LogP) is 2.72. The molecule has 6 nitrogen and oxygen atoms in total. The van der Waals surface area contributed by atoms with Gasteiger partial charge in [0.25, 0.3) is 11.6 Å². The molecular formula is C16H20N2O4S. The lowest BCUT2D eigenvalue weighted by Gasteiger charge is -2.30. The topological polar surface area (TPSA) is 72.7 Å². The Bertz CT molecular complexity index is 566. The Labute approximate surface area is 139 Å². The summed E-state index contributed by atoms with van der Waals surface area (Å²) in [4.78, 5) is 25.1. The quantitative estimate of drug-likeness (QED) is 0.610. The molecule has 0 unspecified atom stereocenters. The van der Waals surface area contributed by atoms with Crippen molar-refractivity contribution >= 4 is 23.4 Å². The second-order valence-corrected chi connectivity index (χ2v) is 7.06.